The van der Waals surface area contributed by atoms with Crippen LogP contribution in [0.1, 0.15) is 30.2 Å². The first-order valence-corrected chi connectivity index (χ1v) is 11.9. The summed E-state index contributed by atoms with van der Waals surface area (Å²) in [6.07, 6.45) is 0. The third kappa shape index (κ3) is 5.60. The third-order valence-corrected chi connectivity index (χ3v) is 6.48. The molecule has 1 amide bonds. The minimum absolute atomic E-state index is 0.125. The average molecular weight is 465 g/mol. The minimum atomic E-state index is -3.59. The van der Waals surface area contributed by atoms with E-state index < -0.39 is 15.9 Å². The van der Waals surface area contributed by atoms with Crippen LogP contribution in [-0.4, -0.2) is 20.4 Å². The standard InChI is InChI=1S/C25H24N2O5S/c1-17(2)27-33(29,30)23-12-8-20(9-13-23)26-25(28)24-14-11-22(32-24)16-31-21-10-7-18-5-3-4-6-19(18)15-21/h3-15,17,27H,16H2,1-2H3,(H,26,28). The second kappa shape index (κ2) is 9.48. The summed E-state index contributed by atoms with van der Waals surface area (Å²) in [6, 6.07) is 22.8. The van der Waals surface area contributed by atoms with Gasteiger partial charge in [0.05, 0.1) is 4.90 Å². The third-order valence-electron chi connectivity index (χ3n) is 4.80. The van der Waals surface area contributed by atoms with Crippen molar-refractivity contribution in [1.82, 2.24) is 4.72 Å². The number of sulfonamides is 1. The Labute approximate surface area is 192 Å². The Kier molecular flexibility index (Phi) is 6.48. The maximum Gasteiger partial charge on any atom is 0.291 e. The number of nitrogens with one attached hydrogen (secondary N) is 2. The van der Waals surface area contributed by atoms with E-state index in [1.165, 1.54) is 24.3 Å². The Bertz CT molecular complexity index is 1380. The summed E-state index contributed by atoms with van der Waals surface area (Å²) in [5.74, 6) is 0.903. The second-order valence-corrected chi connectivity index (χ2v) is 9.53. The molecule has 2 N–H and O–H groups in total. The van der Waals surface area contributed by atoms with E-state index in [0.29, 0.717) is 17.2 Å². The molecule has 1 aromatic heterocycles. The first-order valence-electron chi connectivity index (χ1n) is 10.4. The molecular formula is C25H24N2O5S. The van der Waals surface area contributed by atoms with Crippen molar-refractivity contribution in [2.24, 2.45) is 0 Å². The van der Waals surface area contributed by atoms with E-state index in [2.05, 4.69) is 10.0 Å². The Morgan fingerprint density at radius 2 is 1.67 bits per heavy atom. The van der Waals surface area contributed by atoms with E-state index in [0.717, 1.165) is 10.8 Å². The number of furan rings is 1. The lowest BCUT2D eigenvalue weighted by Gasteiger charge is -2.10. The number of amides is 1. The van der Waals surface area contributed by atoms with Gasteiger partial charge in [-0.15, -0.1) is 0 Å². The highest BCUT2D eigenvalue weighted by atomic mass is 32.2. The summed E-state index contributed by atoms with van der Waals surface area (Å²) >= 11 is 0. The summed E-state index contributed by atoms with van der Waals surface area (Å²) < 4.78 is 38.3. The molecule has 33 heavy (non-hydrogen) atoms. The lowest BCUT2D eigenvalue weighted by molar-refractivity contribution is 0.0992. The van der Waals surface area contributed by atoms with Gasteiger partial charge in [0.25, 0.3) is 5.91 Å². The summed E-state index contributed by atoms with van der Waals surface area (Å²) in [7, 11) is -3.59. The molecule has 0 fully saturated rings. The van der Waals surface area contributed by atoms with Crippen molar-refractivity contribution in [2.45, 2.75) is 31.4 Å². The van der Waals surface area contributed by atoms with Gasteiger partial charge in [-0.05, 0) is 73.2 Å². The van der Waals surface area contributed by atoms with Crippen molar-refractivity contribution >= 4 is 32.4 Å². The van der Waals surface area contributed by atoms with Crippen LogP contribution < -0.4 is 14.8 Å². The molecule has 0 aliphatic rings. The fourth-order valence-corrected chi connectivity index (χ4v) is 4.53. The zero-order valence-corrected chi connectivity index (χ0v) is 19.1. The first kappa shape index (κ1) is 22.6. The summed E-state index contributed by atoms with van der Waals surface area (Å²) in [5, 5.41) is 4.90. The molecule has 4 rings (SSSR count). The van der Waals surface area contributed by atoms with Crippen molar-refractivity contribution in [1.29, 1.82) is 0 Å². The minimum Gasteiger partial charge on any atom is -0.486 e. The number of hydrogen-bond acceptors (Lipinski definition) is 5. The summed E-state index contributed by atoms with van der Waals surface area (Å²) in [6.45, 7) is 3.67. The van der Waals surface area contributed by atoms with E-state index in [1.54, 1.807) is 26.0 Å². The molecule has 0 bridgehead atoms. The molecule has 1 heterocycles. The van der Waals surface area contributed by atoms with Crippen LogP contribution in [-0.2, 0) is 16.6 Å². The van der Waals surface area contributed by atoms with Gasteiger partial charge in [0.15, 0.2) is 5.76 Å². The van der Waals surface area contributed by atoms with E-state index in [4.69, 9.17) is 9.15 Å². The molecule has 0 unspecified atom stereocenters. The van der Waals surface area contributed by atoms with Gasteiger partial charge in [-0.25, -0.2) is 13.1 Å². The van der Waals surface area contributed by atoms with Crippen LogP contribution in [0.3, 0.4) is 0 Å². The Morgan fingerprint density at radius 3 is 2.39 bits per heavy atom. The van der Waals surface area contributed by atoms with Crippen LogP contribution in [0.25, 0.3) is 10.8 Å². The fraction of sp³-hybridized carbons (Fsp3) is 0.160. The molecule has 0 radical (unpaired) electrons. The number of carbonyl (C=O) groups excluding carboxylic acids is 1. The second-order valence-electron chi connectivity index (χ2n) is 7.82. The van der Waals surface area contributed by atoms with Crippen molar-refractivity contribution < 1.29 is 22.4 Å². The molecule has 0 aliphatic carbocycles. The maximum atomic E-state index is 12.5. The number of carbonyl (C=O) groups is 1. The van der Waals surface area contributed by atoms with Crippen LogP contribution in [0.15, 0.2) is 88.2 Å². The van der Waals surface area contributed by atoms with Gasteiger partial charge in [0.1, 0.15) is 18.1 Å². The number of fused-ring (bicyclic) bond motifs is 1. The predicted molar refractivity (Wildman–Crippen MR) is 127 cm³/mol. The van der Waals surface area contributed by atoms with Gasteiger partial charge in [0, 0.05) is 11.7 Å². The van der Waals surface area contributed by atoms with Crippen LogP contribution in [0.4, 0.5) is 5.69 Å². The quantitative estimate of drug-likeness (QED) is 0.384. The Hall–Kier alpha value is -3.62. The highest BCUT2D eigenvalue weighted by molar-refractivity contribution is 7.89. The number of rotatable bonds is 8. The molecule has 170 valence electrons. The smallest absolute Gasteiger partial charge is 0.291 e. The van der Waals surface area contributed by atoms with Crippen molar-refractivity contribution in [3.05, 3.63) is 90.4 Å². The predicted octanol–water partition coefficient (Wildman–Crippen LogP) is 4.95. The average Bonchev–Trinajstić information content (AvgIpc) is 3.26. The highest BCUT2D eigenvalue weighted by Crippen LogP contribution is 2.22. The van der Waals surface area contributed by atoms with Gasteiger partial charge in [-0.3, -0.25) is 4.79 Å². The summed E-state index contributed by atoms with van der Waals surface area (Å²) in [4.78, 5) is 12.6. The van der Waals surface area contributed by atoms with E-state index >= 15 is 0 Å². The van der Waals surface area contributed by atoms with Crippen LogP contribution in [0.5, 0.6) is 5.75 Å². The molecule has 0 atom stereocenters. The van der Waals surface area contributed by atoms with Gasteiger partial charge < -0.3 is 14.5 Å². The van der Waals surface area contributed by atoms with Gasteiger partial charge in [-0.2, -0.15) is 0 Å². The van der Waals surface area contributed by atoms with Gasteiger partial charge in [0.2, 0.25) is 10.0 Å². The molecule has 8 heteroatoms. The molecule has 3 aromatic carbocycles. The van der Waals surface area contributed by atoms with Crippen molar-refractivity contribution in [3.8, 4) is 5.75 Å². The lowest BCUT2D eigenvalue weighted by Crippen LogP contribution is -2.30. The number of ether oxygens (including phenoxy) is 1. The Morgan fingerprint density at radius 1 is 0.939 bits per heavy atom. The molecule has 0 saturated heterocycles. The van der Waals surface area contributed by atoms with Gasteiger partial charge >= 0.3 is 0 Å². The van der Waals surface area contributed by atoms with Crippen molar-refractivity contribution in [2.75, 3.05) is 5.32 Å². The molecule has 0 aliphatic heterocycles. The zero-order valence-electron chi connectivity index (χ0n) is 18.2. The maximum absolute atomic E-state index is 12.5. The van der Waals surface area contributed by atoms with E-state index in [1.807, 2.05) is 42.5 Å². The number of hydrogen-bond donors (Lipinski definition) is 2. The monoisotopic (exact) mass is 464 g/mol. The van der Waals surface area contributed by atoms with Gasteiger partial charge in [-0.1, -0.05) is 30.3 Å². The number of benzene rings is 3. The first-order chi connectivity index (χ1) is 15.8. The van der Waals surface area contributed by atoms with Crippen LogP contribution in [0.2, 0.25) is 0 Å². The SMILES string of the molecule is CC(C)NS(=O)(=O)c1ccc(NC(=O)c2ccc(COc3ccc4ccccc4c3)o2)cc1. The molecule has 7 nitrogen and oxygen atoms in total. The normalized spacial score (nSPS) is 11.6. The molecule has 0 spiro atoms. The van der Waals surface area contributed by atoms with E-state index in [-0.39, 0.29) is 23.3 Å². The largest absolute Gasteiger partial charge is 0.486 e. The van der Waals surface area contributed by atoms with Crippen LogP contribution >= 0.6 is 0 Å². The van der Waals surface area contributed by atoms with Crippen LogP contribution in [0, 0.1) is 0 Å². The highest BCUT2D eigenvalue weighted by Gasteiger charge is 2.16. The molecule has 4 aromatic rings. The lowest BCUT2D eigenvalue weighted by atomic mass is 10.1. The zero-order chi connectivity index (χ0) is 23.4. The Balaban J connectivity index is 1.36. The van der Waals surface area contributed by atoms with Crippen molar-refractivity contribution in [3.63, 3.8) is 0 Å². The fourth-order valence-electron chi connectivity index (χ4n) is 3.28. The van der Waals surface area contributed by atoms with E-state index in [9.17, 15) is 13.2 Å². The molecule has 0 saturated carbocycles. The number of anilines is 1. The summed E-state index contributed by atoms with van der Waals surface area (Å²) in [5.41, 5.74) is 0.453. The molecular weight excluding hydrogens is 440 g/mol. The topological polar surface area (TPSA) is 97.6 Å².